The molecule has 0 amide bonds. The van der Waals surface area contributed by atoms with E-state index in [1.807, 2.05) is 49.2 Å². The molecule has 2 aromatic heterocycles. The number of hydrogen-bond acceptors (Lipinski definition) is 5. The van der Waals surface area contributed by atoms with Crippen molar-refractivity contribution in [3.05, 3.63) is 30.2 Å². The van der Waals surface area contributed by atoms with Crippen LogP contribution in [0.3, 0.4) is 0 Å². The van der Waals surface area contributed by atoms with Gasteiger partial charge in [0, 0.05) is 39.1 Å². The lowest BCUT2D eigenvalue weighted by molar-refractivity contribution is 0.346. The summed E-state index contributed by atoms with van der Waals surface area (Å²) in [7, 11) is 5.79. The second-order valence-electron chi connectivity index (χ2n) is 6.53. The summed E-state index contributed by atoms with van der Waals surface area (Å²) in [4.78, 5) is 10.7. The summed E-state index contributed by atoms with van der Waals surface area (Å²) < 4.78 is 1.82. The van der Waals surface area contributed by atoms with Gasteiger partial charge in [-0.15, -0.1) is 0 Å². The summed E-state index contributed by atoms with van der Waals surface area (Å²) in [6.45, 7) is 6.60. The van der Waals surface area contributed by atoms with E-state index in [1.165, 1.54) is 0 Å². The fourth-order valence-corrected chi connectivity index (χ4v) is 2.18. The van der Waals surface area contributed by atoms with Gasteiger partial charge in [0.15, 0.2) is 0 Å². The van der Waals surface area contributed by atoms with Crippen LogP contribution in [0.4, 0.5) is 11.8 Å². The van der Waals surface area contributed by atoms with Crippen LogP contribution in [0.15, 0.2) is 24.7 Å². The van der Waals surface area contributed by atoms with Gasteiger partial charge >= 0.3 is 0 Å². The number of nitrogens with one attached hydrogen (secondary N) is 1. The monoisotopic (exact) mass is 288 g/mol. The summed E-state index contributed by atoms with van der Waals surface area (Å²) in [6, 6.07) is 2.01. The van der Waals surface area contributed by atoms with Gasteiger partial charge in [0.2, 0.25) is 5.95 Å². The third kappa shape index (κ3) is 3.71. The summed E-state index contributed by atoms with van der Waals surface area (Å²) >= 11 is 0. The predicted molar refractivity (Wildman–Crippen MR) is 85.4 cm³/mol. The normalized spacial score (nSPS) is 13.0. The van der Waals surface area contributed by atoms with Crippen molar-refractivity contribution < 1.29 is 0 Å². The van der Waals surface area contributed by atoms with E-state index in [0.717, 1.165) is 11.4 Å². The molecule has 1 unspecified atom stereocenters. The Kier molecular flexibility index (Phi) is 4.16. The zero-order valence-electron chi connectivity index (χ0n) is 13.6. The maximum atomic E-state index is 4.53. The Balaban J connectivity index is 2.30. The van der Waals surface area contributed by atoms with Crippen LogP contribution < -0.4 is 10.2 Å². The summed E-state index contributed by atoms with van der Waals surface area (Å²) in [5.74, 6) is 1.51. The highest BCUT2D eigenvalue weighted by atomic mass is 15.3. The molecule has 1 atom stereocenters. The Labute approximate surface area is 126 Å². The molecule has 0 aliphatic rings. The Morgan fingerprint density at radius 2 is 2.00 bits per heavy atom. The van der Waals surface area contributed by atoms with Crippen LogP contribution in [0.1, 0.15) is 32.4 Å². The maximum Gasteiger partial charge on any atom is 0.226 e. The third-order valence-electron chi connectivity index (χ3n) is 3.26. The van der Waals surface area contributed by atoms with E-state index in [-0.39, 0.29) is 11.5 Å². The van der Waals surface area contributed by atoms with Crippen LogP contribution in [-0.4, -0.2) is 33.8 Å². The molecule has 21 heavy (non-hydrogen) atoms. The average Bonchev–Trinajstić information content (AvgIpc) is 2.81. The minimum absolute atomic E-state index is 0.0340. The standard InChI is InChI=1S/C15H24N6/c1-15(2,3)13(11-9-17-21(6)10-11)18-12-7-8-16-14(19-12)20(4)5/h7-10,13H,1-6H3,(H,16,18,19). The van der Waals surface area contributed by atoms with Crippen molar-refractivity contribution in [2.75, 3.05) is 24.3 Å². The lowest BCUT2D eigenvalue weighted by atomic mass is 9.83. The third-order valence-corrected chi connectivity index (χ3v) is 3.26. The second kappa shape index (κ2) is 5.71. The van der Waals surface area contributed by atoms with Crippen molar-refractivity contribution >= 4 is 11.8 Å². The number of nitrogens with zero attached hydrogens (tertiary/aromatic N) is 5. The van der Waals surface area contributed by atoms with Crippen LogP contribution in [0.25, 0.3) is 0 Å². The van der Waals surface area contributed by atoms with E-state index < -0.39 is 0 Å². The number of rotatable bonds is 4. The van der Waals surface area contributed by atoms with Gasteiger partial charge in [-0.25, -0.2) is 4.98 Å². The first-order valence-corrected chi connectivity index (χ1v) is 7.03. The van der Waals surface area contributed by atoms with Crippen LogP contribution >= 0.6 is 0 Å². The van der Waals surface area contributed by atoms with Crippen LogP contribution in [0, 0.1) is 5.41 Å². The highest BCUT2D eigenvalue weighted by molar-refractivity contribution is 5.43. The predicted octanol–water partition coefficient (Wildman–Crippen LogP) is 2.48. The van der Waals surface area contributed by atoms with Gasteiger partial charge in [-0.3, -0.25) is 4.68 Å². The molecule has 0 radical (unpaired) electrons. The molecule has 0 saturated carbocycles. The zero-order valence-corrected chi connectivity index (χ0v) is 13.6. The SMILES string of the molecule is CN(C)c1nccc(NC(c2cnn(C)c2)C(C)(C)C)n1. The van der Waals surface area contributed by atoms with Crippen LogP contribution in [0.5, 0.6) is 0 Å². The maximum absolute atomic E-state index is 4.53. The zero-order chi connectivity index (χ0) is 15.6. The molecule has 0 aliphatic carbocycles. The summed E-state index contributed by atoms with van der Waals surface area (Å²) in [5.41, 5.74) is 1.18. The first-order valence-electron chi connectivity index (χ1n) is 7.03. The molecule has 0 bridgehead atoms. The molecule has 0 fully saturated rings. The smallest absolute Gasteiger partial charge is 0.226 e. The highest BCUT2D eigenvalue weighted by Crippen LogP contribution is 2.35. The van der Waals surface area contributed by atoms with Crippen molar-refractivity contribution in [3.8, 4) is 0 Å². The molecule has 0 saturated heterocycles. The van der Waals surface area contributed by atoms with Gasteiger partial charge in [-0.2, -0.15) is 10.1 Å². The van der Waals surface area contributed by atoms with Gasteiger partial charge in [-0.05, 0) is 11.5 Å². The van der Waals surface area contributed by atoms with Gasteiger partial charge in [-0.1, -0.05) is 20.8 Å². The van der Waals surface area contributed by atoms with Crippen molar-refractivity contribution in [2.45, 2.75) is 26.8 Å². The first kappa shape index (κ1) is 15.3. The fraction of sp³-hybridized carbons (Fsp3) is 0.533. The number of aromatic nitrogens is 4. The van der Waals surface area contributed by atoms with Crippen LogP contribution in [-0.2, 0) is 7.05 Å². The molecule has 6 nitrogen and oxygen atoms in total. The van der Waals surface area contributed by atoms with Crippen molar-refractivity contribution in [2.24, 2.45) is 12.5 Å². The van der Waals surface area contributed by atoms with E-state index in [2.05, 4.69) is 41.2 Å². The molecule has 114 valence electrons. The molecular weight excluding hydrogens is 264 g/mol. The number of anilines is 2. The molecule has 0 spiro atoms. The van der Waals surface area contributed by atoms with Crippen molar-refractivity contribution in [3.63, 3.8) is 0 Å². The van der Waals surface area contributed by atoms with E-state index in [9.17, 15) is 0 Å². The molecule has 0 aromatic carbocycles. The quantitative estimate of drug-likeness (QED) is 0.936. The van der Waals surface area contributed by atoms with Gasteiger partial charge < -0.3 is 10.2 Å². The Bertz CT molecular complexity index is 596. The highest BCUT2D eigenvalue weighted by Gasteiger charge is 2.27. The average molecular weight is 288 g/mol. The van der Waals surface area contributed by atoms with E-state index >= 15 is 0 Å². The molecule has 2 rings (SSSR count). The second-order valence-corrected chi connectivity index (χ2v) is 6.53. The Hall–Kier alpha value is -2.11. The minimum Gasteiger partial charge on any atom is -0.362 e. The Morgan fingerprint density at radius 1 is 1.29 bits per heavy atom. The topological polar surface area (TPSA) is 58.9 Å². The van der Waals surface area contributed by atoms with Gasteiger partial charge in [0.05, 0.1) is 12.2 Å². The number of hydrogen-bond donors (Lipinski definition) is 1. The fourth-order valence-electron chi connectivity index (χ4n) is 2.18. The molecular formula is C15H24N6. The largest absolute Gasteiger partial charge is 0.362 e. The molecule has 2 heterocycles. The van der Waals surface area contributed by atoms with E-state index in [0.29, 0.717) is 5.95 Å². The molecule has 6 heteroatoms. The molecule has 0 aliphatic heterocycles. The number of aryl methyl sites for hydroxylation is 1. The molecule has 1 N–H and O–H groups in total. The summed E-state index contributed by atoms with van der Waals surface area (Å²) in [5, 5.41) is 7.79. The van der Waals surface area contributed by atoms with Crippen molar-refractivity contribution in [1.29, 1.82) is 0 Å². The Morgan fingerprint density at radius 3 is 2.52 bits per heavy atom. The first-order chi connectivity index (χ1) is 9.77. The van der Waals surface area contributed by atoms with E-state index in [1.54, 1.807) is 6.20 Å². The summed E-state index contributed by atoms with van der Waals surface area (Å²) in [6.07, 6.45) is 5.71. The lowest BCUT2D eigenvalue weighted by Crippen LogP contribution is -2.26. The van der Waals surface area contributed by atoms with Gasteiger partial charge in [0.1, 0.15) is 5.82 Å². The minimum atomic E-state index is 0.0340. The lowest BCUT2D eigenvalue weighted by Gasteiger charge is -2.31. The van der Waals surface area contributed by atoms with Gasteiger partial charge in [0.25, 0.3) is 0 Å². The van der Waals surface area contributed by atoms with Crippen molar-refractivity contribution in [1.82, 2.24) is 19.7 Å². The van der Waals surface area contributed by atoms with Crippen LogP contribution in [0.2, 0.25) is 0 Å². The van der Waals surface area contributed by atoms with E-state index in [4.69, 9.17) is 0 Å². The molecule has 2 aromatic rings.